The number of nitrogens with one attached hydrogen (secondary N) is 1. The van der Waals surface area contributed by atoms with Crippen LogP contribution in [0.1, 0.15) is 17.3 Å². The molecule has 0 aromatic carbocycles. The smallest absolute Gasteiger partial charge is 0.254 e. The number of carbonyl (C=O) groups excluding carboxylic acids is 2. The third-order valence-corrected chi connectivity index (χ3v) is 2.69. The summed E-state index contributed by atoms with van der Waals surface area (Å²) in [6.45, 7) is 2.37. The molecule has 0 fully saturated rings. The highest BCUT2D eigenvalue weighted by Gasteiger charge is 2.16. The average molecular weight is 300 g/mol. The van der Waals surface area contributed by atoms with Crippen molar-refractivity contribution in [1.29, 1.82) is 0 Å². The fourth-order valence-corrected chi connectivity index (χ4v) is 1.66. The second-order valence-electron chi connectivity index (χ2n) is 3.36. The van der Waals surface area contributed by atoms with Crippen molar-refractivity contribution in [3.05, 3.63) is 28.5 Å². The van der Waals surface area contributed by atoms with Gasteiger partial charge in [-0.2, -0.15) is 0 Å². The molecule has 1 aromatic rings. The molecule has 6 heteroatoms. The lowest BCUT2D eigenvalue weighted by Gasteiger charge is -2.19. The van der Waals surface area contributed by atoms with E-state index in [1.807, 2.05) is 6.92 Å². The molecular weight excluding hydrogens is 286 g/mol. The van der Waals surface area contributed by atoms with E-state index in [9.17, 15) is 9.59 Å². The molecule has 17 heavy (non-hydrogen) atoms. The van der Waals surface area contributed by atoms with Crippen LogP contribution in [0.2, 0.25) is 0 Å². The molecule has 1 heterocycles. The standard InChI is InChI=1S/C11H14BrN3O2/c1-3-15(7-10(16)13-2)11(17)8-4-5-14-9(12)6-8/h4-6H,3,7H2,1-2H3,(H,13,16). The summed E-state index contributed by atoms with van der Waals surface area (Å²) in [6, 6.07) is 3.26. The summed E-state index contributed by atoms with van der Waals surface area (Å²) in [6.07, 6.45) is 1.55. The molecule has 5 nitrogen and oxygen atoms in total. The zero-order chi connectivity index (χ0) is 12.8. The largest absolute Gasteiger partial charge is 0.358 e. The average Bonchev–Trinajstić information content (AvgIpc) is 2.34. The maximum atomic E-state index is 12.1. The van der Waals surface area contributed by atoms with Crippen molar-refractivity contribution in [3.63, 3.8) is 0 Å². The van der Waals surface area contributed by atoms with Crippen molar-refractivity contribution in [3.8, 4) is 0 Å². The molecule has 0 bridgehead atoms. The van der Waals surface area contributed by atoms with Gasteiger partial charge in [0.2, 0.25) is 5.91 Å². The number of nitrogens with zero attached hydrogens (tertiary/aromatic N) is 2. The van der Waals surface area contributed by atoms with E-state index in [0.717, 1.165) is 0 Å². The Bertz CT molecular complexity index is 423. The zero-order valence-corrected chi connectivity index (χ0v) is 11.3. The highest BCUT2D eigenvalue weighted by Crippen LogP contribution is 2.10. The molecule has 0 radical (unpaired) electrons. The van der Waals surface area contributed by atoms with Gasteiger partial charge in [0.25, 0.3) is 5.91 Å². The summed E-state index contributed by atoms with van der Waals surface area (Å²) in [4.78, 5) is 28.8. The van der Waals surface area contributed by atoms with E-state index in [4.69, 9.17) is 0 Å². The summed E-state index contributed by atoms with van der Waals surface area (Å²) >= 11 is 3.20. The Morgan fingerprint density at radius 1 is 1.53 bits per heavy atom. The van der Waals surface area contributed by atoms with Gasteiger partial charge in [0.1, 0.15) is 4.60 Å². The predicted molar refractivity (Wildman–Crippen MR) is 67.6 cm³/mol. The van der Waals surface area contributed by atoms with Gasteiger partial charge < -0.3 is 10.2 Å². The molecule has 0 saturated carbocycles. The lowest BCUT2D eigenvalue weighted by molar-refractivity contribution is -0.121. The van der Waals surface area contributed by atoms with Crippen LogP contribution >= 0.6 is 15.9 Å². The van der Waals surface area contributed by atoms with Crippen LogP contribution in [0.25, 0.3) is 0 Å². The fraction of sp³-hybridized carbons (Fsp3) is 0.364. The Kier molecular flexibility index (Phi) is 5.09. The summed E-state index contributed by atoms with van der Waals surface area (Å²) < 4.78 is 0.597. The molecule has 0 aliphatic rings. The number of hydrogen-bond donors (Lipinski definition) is 1. The molecule has 0 aliphatic heterocycles. The van der Waals surface area contributed by atoms with Crippen molar-refractivity contribution in [2.75, 3.05) is 20.1 Å². The topological polar surface area (TPSA) is 62.3 Å². The molecule has 1 rings (SSSR count). The normalized spacial score (nSPS) is 9.82. The second-order valence-corrected chi connectivity index (χ2v) is 4.17. The number of rotatable bonds is 4. The first-order chi connectivity index (χ1) is 8.08. The number of aromatic nitrogens is 1. The number of hydrogen-bond acceptors (Lipinski definition) is 3. The van der Waals surface area contributed by atoms with Crippen molar-refractivity contribution >= 4 is 27.7 Å². The number of halogens is 1. The van der Waals surface area contributed by atoms with Crippen LogP contribution in [0.4, 0.5) is 0 Å². The first-order valence-electron chi connectivity index (χ1n) is 5.20. The van der Waals surface area contributed by atoms with Gasteiger partial charge in [-0.15, -0.1) is 0 Å². The molecule has 1 N–H and O–H groups in total. The highest BCUT2D eigenvalue weighted by atomic mass is 79.9. The lowest BCUT2D eigenvalue weighted by Crippen LogP contribution is -2.39. The molecule has 1 aromatic heterocycles. The minimum absolute atomic E-state index is 0.0613. The fourth-order valence-electron chi connectivity index (χ4n) is 1.30. The SMILES string of the molecule is CCN(CC(=O)NC)C(=O)c1ccnc(Br)c1. The monoisotopic (exact) mass is 299 g/mol. The molecule has 2 amide bonds. The minimum Gasteiger partial charge on any atom is -0.358 e. The quantitative estimate of drug-likeness (QED) is 0.846. The van der Waals surface area contributed by atoms with E-state index in [-0.39, 0.29) is 18.4 Å². The van der Waals surface area contributed by atoms with Gasteiger partial charge >= 0.3 is 0 Å². The van der Waals surface area contributed by atoms with Crippen molar-refractivity contribution in [2.24, 2.45) is 0 Å². The number of amides is 2. The van der Waals surface area contributed by atoms with Gasteiger partial charge in [-0.05, 0) is 35.0 Å². The number of carbonyl (C=O) groups is 2. The lowest BCUT2D eigenvalue weighted by atomic mass is 10.2. The van der Waals surface area contributed by atoms with Gasteiger partial charge in [0.15, 0.2) is 0 Å². The Morgan fingerprint density at radius 3 is 2.76 bits per heavy atom. The van der Waals surface area contributed by atoms with Crippen LogP contribution in [0.5, 0.6) is 0 Å². The molecule has 92 valence electrons. The minimum atomic E-state index is -0.187. The first kappa shape index (κ1) is 13.6. The van der Waals surface area contributed by atoms with E-state index < -0.39 is 0 Å². The van der Waals surface area contributed by atoms with Crippen molar-refractivity contribution in [2.45, 2.75) is 6.92 Å². The Morgan fingerprint density at radius 2 is 2.24 bits per heavy atom. The van der Waals surface area contributed by atoms with Gasteiger partial charge in [-0.1, -0.05) is 0 Å². The maximum Gasteiger partial charge on any atom is 0.254 e. The first-order valence-corrected chi connectivity index (χ1v) is 5.99. The van der Waals surface area contributed by atoms with Crippen LogP contribution in [0.3, 0.4) is 0 Å². The zero-order valence-electron chi connectivity index (χ0n) is 9.74. The summed E-state index contributed by atoms with van der Waals surface area (Å²) in [7, 11) is 1.55. The van der Waals surface area contributed by atoms with Crippen LogP contribution in [0.15, 0.2) is 22.9 Å². The molecule has 0 unspecified atom stereocenters. The van der Waals surface area contributed by atoms with Crippen LogP contribution < -0.4 is 5.32 Å². The second kappa shape index (κ2) is 6.34. The van der Waals surface area contributed by atoms with E-state index in [1.54, 1.807) is 25.4 Å². The van der Waals surface area contributed by atoms with E-state index in [2.05, 4.69) is 26.2 Å². The summed E-state index contributed by atoms with van der Waals surface area (Å²) in [5.41, 5.74) is 0.512. The van der Waals surface area contributed by atoms with Gasteiger partial charge in [-0.3, -0.25) is 9.59 Å². The van der Waals surface area contributed by atoms with Crippen LogP contribution in [-0.2, 0) is 4.79 Å². The van der Waals surface area contributed by atoms with E-state index in [1.165, 1.54) is 4.90 Å². The highest BCUT2D eigenvalue weighted by molar-refractivity contribution is 9.10. The number of pyridine rings is 1. The Labute approximate surface area is 108 Å². The Balaban J connectivity index is 2.82. The summed E-state index contributed by atoms with van der Waals surface area (Å²) in [5.74, 6) is -0.368. The van der Waals surface area contributed by atoms with Gasteiger partial charge in [0.05, 0.1) is 6.54 Å². The third kappa shape index (κ3) is 3.81. The molecule has 0 spiro atoms. The van der Waals surface area contributed by atoms with Gasteiger partial charge in [-0.25, -0.2) is 4.98 Å². The Hall–Kier alpha value is -1.43. The summed E-state index contributed by atoms with van der Waals surface area (Å²) in [5, 5.41) is 2.49. The van der Waals surface area contributed by atoms with Crippen LogP contribution in [0, 0.1) is 0 Å². The molecule has 0 aliphatic carbocycles. The predicted octanol–water partition coefficient (Wildman–Crippen LogP) is 1.05. The third-order valence-electron chi connectivity index (χ3n) is 2.26. The van der Waals surface area contributed by atoms with E-state index >= 15 is 0 Å². The van der Waals surface area contributed by atoms with Crippen molar-refractivity contribution < 1.29 is 9.59 Å². The van der Waals surface area contributed by atoms with Crippen molar-refractivity contribution in [1.82, 2.24) is 15.2 Å². The molecule has 0 atom stereocenters. The van der Waals surface area contributed by atoms with Crippen LogP contribution in [-0.4, -0.2) is 41.8 Å². The van der Waals surface area contributed by atoms with E-state index in [0.29, 0.717) is 16.7 Å². The maximum absolute atomic E-state index is 12.1. The molecular formula is C11H14BrN3O2. The number of likely N-dealkylation sites (N-methyl/N-ethyl adjacent to an activating group) is 2. The van der Waals surface area contributed by atoms with Gasteiger partial charge in [0, 0.05) is 25.4 Å². The molecule has 0 saturated heterocycles.